The Morgan fingerprint density at radius 3 is 2.75 bits per heavy atom. The van der Waals surface area contributed by atoms with E-state index in [2.05, 4.69) is 10.3 Å². The molecule has 0 saturated carbocycles. The number of nitrogens with zero attached hydrogens (tertiary/aromatic N) is 3. The van der Waals surface area contributed by atoms with Gasteiger partial charge in [0.2, 0.25) is 5.72 Å². The zero-order valence-electron chi connectivity index (χ0n) is 6.89. The molecule has 2 N–H and O–H groups in total. The van der Waals surface area contributed by atoms with Gasteiger partial charge in [0.1, 0.15) is 0 Å². The topological polar surface area (TPSA) is 83.0 Å². The molecule has 0 spiro atoms. The van der Waals surface area contributed by atoms with Crippen LogP contribution in [0.4, 0.5) is 0 Å². The number of hydrogen-bond acceptors (Lipinski definition) is 4. The zero-order chi connectivity index (χ0) is 9.19. The molecule has 1 aromatic rings. The second-order valence-electron chi connectivity index (χ2n) is 2.40. The van der Waals surface area contributed by atoms with E-state index in [1.165, 1.54) is 31.1 Å². The standard InChI is InChI=1S/C6H10N4O2/c1-6(12-2,5(7)11)10-4-3-8-9-10/h3-4H,1-2H3,(H2,7,11). The molecule has 66 valence electrons. The number of methoxy groups -OCH3 is 1. The highest BCUT2D eigenvalue weighted by Crippen LogP contribution is 2.13. The van der Waals surface area contributed by atoms with Crippen LogP contribution in [0.25, 0.3) is 0 Å². The molecule has 1 unspecified atom stereocenters. The van der Waals surface area contributed by atoms with Gasteiger partial charge in [-0.05, 0) is 6.92 Å². The van der Waals surface area contributed by atoms with Crippen molar-refractivity contribution in [3.8, 4) is 0 Å². The number of aromatic nitrogens is 3. The van der Waals surface area contributed by atoms with Crippen LogP contribution in [0.5, 0.6) is 0 Å². The Kier molecular flexibility index (Phi) is 2.09. The average molecular weight is 170 g/mol. The molecule has 0 aliphatic heterocycles. The van der Waals surface area contributed by atoms with Gasteiger partial charge in [0.05, 0.1) is 6.20 Å². The molecule has 0 radical (unpaired) electrons. The molecule has 1 aromatic heterocycles. The average Bonchev–Trinajstić information content (AvgIpc) is 2.54. The van der Waals surface area contributed by atoms with Gasteiger partial charge in [0.25, 0.3) is 5.91 Å². The minimum Gasteiger partial charge on any atom is -0.365 e. The quantitative estimate of drug-likeness (QED) is 0.636. The second-order valence-corrected chi connectivity index (χ2v) is 2.40. The van der Waals surface area contributed by atoms with E-state index in [0.29, 0.717) is 0 Å². The van der Waals surface area contributed by atoms with E-state index in [9.17, 15) is 4.79 Å². The lowest BCUT2D eigenvalue weighted by Crippen LogP contribution is -2.45. The van der Waals surface area contributed by atoms with Crippen molar-refractivity contribution in [1.82, 2.24) is 15.0 Å². The van der Waals surface area contributed by atoms with Crippen molar-refractivity contribution < 1.29 is 9.53 Å². The summed E-state index contributed by atoms with van der Waals surface area (Å²) in [4.78, 5) is 11.0. The lowest BCUT2D eigenvalue weighted by atomic mass is 10.2. The molecule has 1 atom stereocenters. The molecule has 0 fully saturated rings. The Balaban J connectivity index is 3.04. The molecule has 6 nitrogen and oxygen atoms in total. The maximum atomic E-state index is 11.0. The van der Waals surface area contributed by atoms with Crippen LogP contribution in [-0.4, -0.2) is 28.0 Å². The van der Waals surface area contributed by atoms with Crippen LogP contribution < -0.4 is 5.73 Å². The first kappa shape index (κ1) is 8.66. The van der Waals surface area contributed by atoms with E-state index in [1.54, 1.807) is 0 Å². The fourth-order valence-corrected chi connectivity index (χ4v) is 0.743. The fraction of sp³-hybridized carbons (Fsp3) is 0.500. The summed E-state index contributed by atoms with van der Waals surface area (Å²) in [5.41, 5.74) is 3.87. The molecule has 0 aliphatic rings. The Morgan fingerprint density at radius 1 is 1.75 bits per heavy atom. The van der Waals surface area contributed by atoms with Gasteiger partial charge in [-0.2, -0.15) is 0 Å². The summed E-state index contributed by atoms with van der Waals surface area (Å²) >= 11 is 0. The molecular weight excluding hydrogens is 160 g/mol. The third kappa shape index (κ3) is 1.16. The molecule has 0 bridgehead atoms. The minimum absolute atomic E-state index is 0.615. The smallest absolute Gasteiger partial charge is 0.272 e. The van der Waals surface area contributed by atoms with Gasteiger partial charge in [-0.1, -0.05) is 5.21 Å². The molecule has 1 amide bonds. The lowest BCUT2D eigenvalue weighted by Gasteiger charge is -2.23. The van der Waals surface area contributed by atoms with E-state index in [4.69, 9.17) is 10.5 Å². The molecule has 0 aliphatic carbocycles. The van der Waals surface area contributed by atoms with Gasteiger partial charge in [0.15, 0.2) is 0 Å². The van der Waals surface area contributed by atoms with E-state index in [-0.39, 0.29) is 0 Å². The number of primary amides is 1. The van der Waals surface area contributed by atoms with Gasteiger partial charge in [-0.25, -0.2) is 4.68 Å². The van der Waals surface area contributed by atoms with E-state index in [0.717, 1.165) is 0 Å². The van der Waals surface area contributed by atoms with E-state index >= 15 is 0 Å². The van der Waals surface area contributed by atoms with Crippen LogP contribution in [0.15, 0.2) is 12.4 Å². The molecule has 0 saturated heterocycles. The molecule has 12 heavy (non-hydrogen) atoms. The first-order valence-electron chi connectivity index (χ1n) is 3.33. The van der Waals surface area contributed by atoms with Crippen molar-refractivity contribution in [2.45, 2.75) is 12.6 Å². The number of ether oxygens (including phenoxy) is 1. The monoisotopic (exact) mass is 170 g/mol. The number of rotatable bonds is 3. The molecular formula is C6H10N4O2. The number of amides is 1. The maximum Gasteiger partial charge on any atom is 0.272 e. The highest BCUT2D eigenvalue weighted by atomic mass is 16.5. The summed E-state index contributed by atoms with van der Waals surface area (Å²) in [6.07, 6.45) is 2.95. The Bertz CT molecular complexity index is 271. The lowest BCUT2D eigenvalue weighted by molar-refractivity contribution is -0.152. The van der Waals surface area contributed by atoms with Gasteiger partial charge >= 0.3 is 0 Å². The summed E-state index contributed by atoms with van der Waals surface area (Å²) < 4.78 is 6.19. The fourth-order valence-electron chi connectivity index (χ4n) is 0.743. The second kappa shape index (κ2) is 2.90. The van der Waals surface area contributed by atoms with Crippen LogP contribution in [0.2, 0.25) is 0 Å². The van der Waals surface area contributed by atoms with Crippen molar-refractivity contribution in [1.29, 1.82) is 0 Å². The van der Waals surface area contributed by atoms with Crippen LogP contribution >= 0.6 is 0 Å². The SMILES string of the molecule is COC(C)(C(N)=O)n1ccnn1. The van der Waals surface area contributed by atoms with E-state index < -0.39 is 11.6 Å². The van der Waals surface area contributed by atoms with Gasteiger partial charge in [-0.15, -0.1) is 5.10 Å². The molecule has 0 aromatic carbocycles. The molecule has 1 heterocycles. The van der Waals surface area contributed by atoms with Crippen molar-refractivity contribution >= 4 is 5.91 Å². The van der Waals surface area contributed by atoms with Crippen LogP contribution in [0.1, 0.15) is 6.92 Å². The summed E-state index contributed by atoms with van der Waals surface area (Å²) in [5.74, 6) is -0.615. The Hall–Kier alpha value is -1.43. The van der Waals surface area contributed by atoms with Gasteiger partial charge in [0, 0.05) is 13.3 Å². The van der Waals surface area contributed by atoms with Crippen LogP contribution in [0.3, 0.4) is 0 Å². The third-order valence-corrected chi connectivity index (χ3v) is 1.71. The minimum atomic E-state index is -1.25. The number of nitrogens with two attached hydrogens (primary N) is 1. The highest BCUT2D eigenvalue weighted by Gasteiger charge is 2.33. The third-order valence-electron chi connectivity index (χ3n) is 1.71. The van der Waals surface area contributed by atoms with Crippen LogP contribution in [0, 0.1) is 0 Å². The summed E-state index contributed by atoms with van der Waals surface area (Å²) in [5, 5.41) is 7.17. The predicted octanol–water partition coefficient (Wildman–Crippen LogP) is -0.917. The molecule has 6 heteroatoms. The highest BCUT2D eigenvalue weighted by molar-refractivity contribution is 5.80. The predicted molar refractivity (Wildman–Crippen MR) is 39.9 cm³/mol. The normalized spacial score (nSPS) is 15.5. The van der Waals surface area contributed by atoms with E-state index in [1.807, 2.05) is 0 Å². The zero-order valence-corrected chi connectivity index (χ0v) is 6.89. The number of hydrogen-bond donors (Lipinski definition) is 1. The van der Waals surface area contributed by atoms with Crippen molar-refractivity contribution in [3.63, 3.8) is 0 Å². The van der Waals surface area contributed by atoms with Gasteiger partial charge in [-0.3, -0.25) is 4.79 Å². The summed E-state index contributed by atoms with van der Waals surface area (Å²) in [7, 11) is 1.38. The Labute approximate surface area is 69.3 Å². The van der Waals surface area contributed by atoms with Gasteiger partial charge < -0.3 is 10.5 Å². The number of carbonyl (C=O) groups excluding carboxylic acids is 1. The van der Waals surface area contributed by atoms with Crippen molar-refractivity contribution in [3.05, 3.63) is 12.4 Å². The van der Waals surface area contributed by atoms with Crippen LogP contribution in [-0.2, 0) is 15.3 Å². The first-order valence-corrected chi connectivity index (χ1v) is 3.33. The first-order chi connectivity index (χ1) is 5.61. The van der Waals surface area contributed by atoms with Crippen molar-refractivity contribution in [2.75, 3.05) is 7.11 Å². The maximum absolute atomic E-state index is 11.0. The van der Waals surface area contributed by atoms with Crippen molar-refractivity contribution in [2.24, 2.45) is 5.73 Å². The molecule has 1 rings (SSSR count). The Morgan fingerprint density at radius 2 is 2.42 bits per heavy atom. The summed E-state index contributed by atoms with van der Waals surface area (Å²) in [6.45, 7) is 1.52. The summed E-state index contributed by atoms with van der Waals surface area (Å²) in [6, 6.07) is 0. The largest absolute Gasteiger partial charge is 0.365 e. The number of carbonyl (C=O) groups is 1.